The minimum atomic E-state index is -0.987. The highest BCUT2D eigenvalue weighted by molar-refractivity contribution is 5.38. The van der Waals surface area contributed by atoms with E-state index in [9.17, 15) is 14.5 Å². The van der Waals surface area contributed by atoms with E-state index < -0.39 is 29.1 Å². The number of hydrogen-bond donors (Lipinski definition) is 2. The summed E-state index contributed by atoms with van der Waals surface area (Å²) in [6, 6.07) is 2.74. The number of aliphatic hydroxyl groups is 1. The third-order valence-corrected chi connectivity index (χ3v) is 1.80. The van der Waals surface area contributed by atoms with Gasteiger partial charge in [-0.15, -0.1) is 0 Å². The second-order valence-electron chi connectivity index (χ2n) is 2.73. The molecule has 0 aliphatic rings. The topological polar surface area (TPSA) is 89.4 Å². The smallest absolute Gasteiger partial charge is 0.305 e. The molecule has 0 radical (unpaired) electrons. The molecule has 14 heavy (non-hydrogen) atoms. The number of nitro benzene ring substituents is 1. The lowest BCUT2D eigenvalue weighted by molar-refractivity contribution is -0.387. The summed E-state index contributed by atoms with van der Waals surface area (Å²) in [7, 11) is 0. The maximum Gasteiger partial charge on any atom is 0.305 e. The van der Waals surface area contributed by atoms with Crippen LogP contribution in [0.2, 0.25) is 0 Å². The van der Waals surface area contributed by atoms with Gasteiger partial charge in [-0.05, 0) is 0 Å². The average molecular weight is 200 g/mol. The molecule has 0 bridgehead atoms. The Morgan fingerprint density at radius 2 is 2.29 bits per heavy atom. The molecule has 0 aromatic heterocycles. The summed E-state index contributed by atoms with van der Waals surface area (Å²) in [6.07, 6.45) is 0. The summed E-state index contributed by atoms with van der Waals surface area (Å²) in [5.41, 5.74) is 4.66. The molecule has 1 aromatic rings. The van der Waals surface area contributed by atoms with Gasteiger partial charge >= 0.3 is 5.69 Å². The van der Waals surface area contributed by atoms with Crippen molar-refractivity contribution in [1.82, 2.24) is 0 Å². The Morgan fingerprint density at radius 1 is 1.64 bits per heavy atom. The number of hydrogen-bond acceptors (Lipinski definition) is 4. The highest BCUT2D eigenvalue weighted by Crippen LogP contribution is 2.23. The lowest BCUT2D eigenvalue weighted by Gasteiger charge is -2.08. The highest BCUT2D eigenvalue weighted by Gasteiger charge is 2.20. The molecule has 0 heterocycles. The molecule has 1 rings (SSSR count). The Hall–Kier alpha value is -1.53. The fourth-order valence-electron chi connectivity index (χ4n) is 1.06. The molecule has 0 fully saturated rings. The summed E-state index contributed by atoms with van der Waals surface area (Å²) in [6.45, 7) is -0.460. The van der Waals surface area contributed by atoms with E-state index in [0.717, 1.165) is 6.07 Å². The molecule has 0 amide bonds. The van der Waals surface area contributed by atoms with E-state index in [2.05, 4.69) is 0 Å². The van der Waals surface area contributed by atoms with Crippen molar-refractivity contribution in [2.75, 3.05) is 6.61 Å². The molecular formula is C8H9FN2O3. The number of nitrogens with two attached hydrogens (primary N) is 1. The summed E-state index contributed by atoms with van der Waals surface area (Å²) < 4.78 is 13.3. The molecular weight excluding hydrogens is 191 g/mol. The first-order chi connectivity index (χ1) is 6.57. The van der Waals surface area contributed by atoms with Crippen molar-refractivity contribution in [3.05, 3.63) is 39.7 Å². The molecule has 3 N–H and O–H groups in total. The van der Waals surface area contributed by atoms with E-state index in [4.69, 9.17) is 10.8 Å². The predicted molar refractivity (Wildman–Crippen MR) is 47.1 cm³/mol. The first-order valence-corrected chi connectivity index (χ1v) is 3.87. The minimum Gasteiger partial charge on any atom is -0.394 e. The SMILES string of the molecule is N[C@@H](CO)c1cccc([N+](=O)[O-])c1F. The molecule has 1 aromatic carbocycles. The molecule has 0 saturated carbocycles. The second-order valence-corrected chi connectivity index (χ2v) is 2.73. The summed E-state index contributed by atoms with van der Waals surface area (Å²) in [4.78, 5) is 9.52. The van der Waals surface area contributed by atoms with E-state index in [-0.39, 0.29) is 5.56 Å². The molecule has 0 unspecified atom stereocenters. The van der Waals surface area contributed by atoms with Gasteiger partial charge in [0.1, 0.15) is 0 Å². The number of nitro groups is 1. The van der Waals surface area contributed by atoms with Gasteiger partial charge in [-0.1, -0.05) is 12.1 Å². The summed E-state index contributed by atoms with van der Waals surface area (Å²) in [5, 5.41) is 19.0. The summed E-state index contributed by atoms with van der Waals surface area (Å²) >= 11 is 0. The van der Waals surface area contributed by atoms with Crippen LogP contribution in [0, 0.1) is 15.9 Å². The van der Waals surface area contributed by atoms with Gasteiger partial charge in [-0.25, -0.2) is 0 Å². The van der Waals surface area contributed by atoms with Crippen molar-refractivity contribution < 1.29 is 14.4 Å². The molecule has 5 nitrogen and oxygen atoms in total. The molecule has 1 atom stereocenters. The summed E-state index contributed by atoms with van der Waals surface area (Å²) in [5.74, 6) is -0.987. The Kier molecular flexibility index (Phi) is 3.10. The van der Waals surface area contributed by atoms with Gasteiger partial charge in [0.2, 0.25) is 5.82 Å². The molecule has 76 valence electrons. The lowest BCUT2D eigenvalue weighted by Crippen LogP contribution is -2.16. The monoisotopic (exact) mass is 200 g/mol. The van der Waals surface area contributed by atoms with Crippen molar-refractivity contribution in [3.8, 4) is 0 Å². The highest BCUT2D eigenvalue weighted by atomic mass is 19.1. The van der Waals surface area contributed by atoms with E-state index in [1.54, 1.807) is 0 Å². The van der Waals surface area contributed by atoms with Crippen LogP contribution in [-0.4, -0.2) is 16.6 Å². The number of rotatable bonds is 3. The Bertz CT molecular complexity index is 356. The van der Waals surface area contributed by atoms with Gasteiger partial charge in [0.25, 0.3) is 0 Å². The zero-order chi connectivity index (χ0) is 10.7. The van der Waals surface area contributed by atoms with Gasteiger partial charge in [0, 0.05) is 11.6 Å². The molecule has 0 aliphatic carbocycles. The Morgan fingerprint density at radius 3 is 2.79 bits per heavy atom. The van der Waals surface area contributed by atoms with E-state index >= 15 is 0 Å². The van der Waals surface area contributed by atoms with Crippen LogP contribution in [0.3, 0.4) is 0 Å². The van der Waals surface area contributed by atoms with Crippen LogP contribution in [0.5, 0.6) is 0 Å². The van der Waals surface area contributed by atoms with Crippen molar-refractivity contribution in [2.45, 2.75) is 6.04 Å². The normalized spacial score (nSPS) is 12.5. The van der Waals surface area contributed by atoms with Crippen LogP contribution in [0.4, 0.5) is 10.1 Å². The average Bonchev–Trinajstić information content (AvgIpc) is 2.16. The fraction of sp³-hybridized carbons (Fsp3) is 0.250. The maximum atomic E-state index is 13.3. The third-order valence-electron chi connectivity index (χ3n) is 1.80. The van der Waals surface area contributed by atoms with Crippen LogP contribution in [0.15, 0.2) is 18.2 Å². The maximum absolute atomic E-state index is 13.3. The van der Waals surface area contributed by atoms with Gasteiger partial charge in [-0.3, -0.25) is 10.1 Å². The molecule has 0 saturated heterocycles. The third kappa shape index (κ3) is 1.86. The van der Waals surface area contributed by atoms with E-state index in [0.29, 0.717) is 0 Å². The van der Waals surface area contributed by atoms with Crippen molar-refractivity contribution in [2.24, 2.45) is 5.73 Å². The standard InChI is InChI=1S/C8H9FN2O3/c9-8-5(6(10)4-12)2-1-3-7(8)11(13)14/h1-3,6,12H,4,10H2/t6-/m0/s1. The second kappa shape index (κ2) is 4.12. The van der Waals surface area contributed by atoms with Crippen LogP contribution >= 0.6 is 0 Å². The Labute approximate surface area is 79.1 Å². The largest absolute Gasteiger partial charge is 0.394 e. The lowest BCUT2D eigenvalue weighted by atomic mass is 10.1. The number of aliphatic hydroxyl groups excluding tert-OH is 1. The van der Waals surface area contributed by atoms with Gasteiger partial charge in [-0.2, -0.15) is 4.39 Å². The predicted octanol–water partition coefficient (Wildman–Crippen LogP) is 0.726. The molecule has 6 heteroatoms. The zero-order valence-electron chi connectivity index (χ0n) is 7.18. The van der Waals surface area contributed by atoms with Gasteiger partial charge < -0.3 is 10.8 Å². The molecule has 0 aliphatic heterocycles. The minimum absolute atomic E-state index is 0.0540. The van der Waals surface area contributed by atoms with Gasteiger partial charge in [0.05, 0.1) is 17.6 Å². The number of halogens is 1. The van der Waals surface area contributed by atoms with Crippen LogP contribution < -0.4 is 5.73 Å². The van der Waals surface area contributed by atoms with Crippen molar-refractivity contribution in [1.29, 1.82) is 0 Å². The van der Waals surface area contributed by atoms with E-state index in [1.807, 2.05) is 0 Å². The molecule has 0 spiro atoms. The van der Waals surface area contributed by atoms with Crippen molar-refractivity contribution in [3.63, 3.8) is 0 Å². The van der Waals surface area contributed by atoms with E-state index in [1.165, 1.54) is 12.1 Å². The van der Waals surface area contributed by atoms with Crippen molar-refractivity contribution >= 4 is 5.69 Å². The first kappa shape index (κ1) is 10.6. The zero-order valence-corrected chi connectivity index (χ0v) is 7.18. The number of benzene rings is 1. The fourth-order valence-corrected chi connectivity index (χ4v) is 1.06. The van der Waals surface area contributed by atoms with Crippen LogP contribution in [0.25, 0.3) is 0 Å². The number of nitrogens with zero attached hydrogens (tertiary/aromatic N) is 1. The van der Waals surface area contributed by atoms with Gasteiger partial charge in [0.15, 0.2) is 0 Å². The Balaban J connectivity index is 3.20. The first-order valence-electron chi connectivity index (χ1n) is 3.87. The van der Waals surface area contributed by atoms with Crippen LogP contribution in [-0.2, 0) is 0 Å². The van der Waals surface area contributed by atoms with Crippen LogP contribution in [0.1, 0.15) is 11.6 Å². The quantitative estimate of drug-likeness (QED) is 0.555.